The Hall–Kier alpha value is -0.530. The van der Waals surface area contributed by atoms with Crippen molar-refractivity contribution in [2.45, 2.75) is 77.2 Å². The highest BCUT2D eigenvalue weighted by Gasteiger charge is 2.31. The van der Waals surface area contributed by atoms with Crippen LogP contribution in [0, 0.1) is 0 Å². The molecule has 0 atom stereocenters. The van der Waals surface area contributed by atoms with Crippen LogP contribution in [-0.2, 0) is 4.79 Å². The molecule has 0 aromatic rings. The standard InChI is InChI=1S/C13H25NO/c1-3-4-6-9-13(14-12(2)15)10-7-5-8-11-13/h3-11H2,1-2H3,(H,14,15). The molecule has 1 aliphatic rings. The Morgan fingerprint density at radius 1 is 1.20 bits per heavy atom. The summed E-state index contributed by atoms with van der Waals surface area (Å²) in [5.74, 6) is 0.147. The van der Waals surface area contributed by atoms with Crippen LogP contribution in [0.15, 0.2) is 0 Å². The lowest BCUT2D eigenvalue weighted by molar-refractivity contribution is -0.121. The van der Waals surface area contributed by atoms with Crippen LogP contribution in [0.25, 0.3) is 0 Å². The number of carbonyl (C=O) groups is 1. The van der Waals surface area contributed by atoms with Crippen LogP contribution >= 0.6 is 0 Å². The number of rotatable bonds is 5. The molecule has 0 aliphatic heterocycles. The minimum absolute atomic E-state index is 0.147. The molecular formula is C13H25NO. The lowest BCUT2D eigenvalue weighted by Crippen LogP contribution is -2.48. The van der Waals surface area contributed by atoms with Crippen molar-refractivity contribution in [2.24, 2.45) is 0 Å². The minimum Gasteiger partial charge on any atom is -0.351 e. The molecule has 2 nitrogen and oxygen atoms in total. The van der Waals surface area contributed by atoms with Gasteiger partial charge in [-0.05, 0) is 19.3 Å². The summed E-state index contributed by atoms with van der Waals surface area (Å²) < 4.78 is 0. The number of hydrogen-bond acceptors (Lipinski definition) is 1. The van der Waals surface area contributed by atoms with Gasteiger partial charge < -0.3 is 5.32 Å². The van der Waals surface area contributed by atoms with Crippen molar-refractivity contribution in [3.63, 3.8) is 0 Å². The van der Waals surface area contributed by atoms with Gasteiger partial charge in [0.1, 0.15) is 0 Å². The zero-order valence-electron chi connectivity index (χ0n) is 10.3. The highest BCUT2D eigenvalue weighted by Crippen LogP contribution is 2.32. The van der Waals surface area contributed by atoms with E-state index in [4.69, 9.17) is 0 Å². The van der Waals surface area contributed by atoms with Crippen LogP contribution in [0.3, 0.4) is 0 Å². The van der Waals surface area contributed by atoms with E-state index in [1.54, 1.807) is 6.92 Å². The highest BCUT2D eigenvalue weighted by molar-refractivity contribution is 5.73. The minimum atomic E-state index is 0.147. The van der Waals surface area contributed by atoms with E-state index in [0.717, 1.165) is 0 Å². The van der Waals surface area contributed by atoms with Crippen LogP contribution in [0.4, 0.5) is 0 Å². The molecule has 0 radical (unpaired) electrons. The number of amides is 1. The monoisotopic (exact) mass is 211 g/mol. The van der Waals surface area contributed by atoms with Crippen LogP contribution in [0.1, 0.15) is 71.6 Å². The predicted octanol–water partition coefficient (Wildman–Crippen LogP) is 3.41. The van der Waals surface area contributed by atoms with Crippen molar-refractivity contribution < 1.29 is 4.79 Å². The van der Waals surface area contributed by atoms with E-state index in [0.29, 0.717) is 0 Å². The molecule has 0 saturated heterocycles. The van der Waals surface area contributed by atoms with E-state index in [9.17, 15) is 4.79 Å². The van der Waals surface area contributed by atoms with Crippen molar-refractivity contribution in [3.05, 3.63) is 0 Å². The summed E-state index contributed by atoms with van der Waals surface area (Å²) in [7, 11) is 0. The first kappa shape index (κ1) is 12.5. The summed E-state index contributed by atoms with van der Waals surface area (Å²) in [5, 5.41) is 3.22. The molecule has 1 rings (SSSR count). The molecule has 1 N–H and O–H groups in total. The lowest BCUT2D eigenvalue weighted by Gasteiger charge is -2.38. The third kappa shape index (κ3) is 4.23. The second-order valence-corrected chi connectivity index (χ2v) is 4.98. The molecule has 0 aromatic carbocycles. The van der Waals surface area contributed by atoms with Crippen molar-refractivity contribution >= 4 is 5.91 Å². The maximum atomic E-state index is 11.2. The van der Waals surface area contributed by atoms with E-state index >= 15 is 0 Å². The molecule has 2 heteroatoms. The number of hydrogen-bond donors (Lipinski definition) is 1. The molecule has 0 bridgehead atoms. The molecule has 88 valence electrons. The Bertz CT molecular complexity index is 195. The van der Waals surface area contributed by atoms with Crippen molar-refractivity contribution in [1.29, 1.82) is 0 Å². The largest absolute Gasteiger partial charge is 0.351 e. The predicted molar refractivity (Wildman–Crippen MR) is 63.8 cm³/mol. The van der Waals surface area contributed by atoms with Crippen LogP contribution in [0.5, 0.6) is 0 Å². The molecule has 0 heterocycles. The molecule has 1 amide bonds. The maximum absolute atomic E-state index is 11.2. The Kier molecular flexibility index (Phi) is 5.13. The van der Waals surface area contributed by atoms with Gasteiger partial charge in [-0.3, -0.25) is 4.79 Å². The van der Waals surface area contributed by atoms with Crippen LogP contribution in [-0.4, -0.2) is 11.4 Å². The second-order valence-electron chi connectivity index (χ2n) is 4.98. The summed E-state index contributed by atoms with van der Waals surface area (Å²) >= 11 is 0. The Morgan fingerprint density at radius 3 is 2.40 bits per heavy atom. The van der Waals surface area contributed by atoms with Crippen LogP contribution in [0.2, 0.25) is 0 Å². The van der Waals surface area contributed by atoms with E-state index in [2.05, 4.69) is 12.2 Å². The zero-order valence-corrected chi connectivity index (χ0v) is 10.3. The van der Waals surface area contributed by atoms with Gasteiger partial charge in [0.15, 0.2) is 0 Å². The molecule has 0 unspecified atom stereocenters. The Labute approximate surface area is 93.8 Å². The summed E-state index contributed by atoms with van der Waals surface area (Å²) in [4.78, 5) is 11.2. The fourth-order valence-electron chi connectivity index (χ4n) is 2.75. The van der Waals surface area contributed by atoms with Gasteiger partial charge in [-0.15, -0.1) is 0 Å². The average Bonchev–Trinajstić information content (AvgIpc) is 2.18. The maximum Gasteiger partial charge on any atom is 0.217 e. The fourth-order valence-corrected chi connectivity index (χ4v) is 2.75. The second kappa shape index (κ2) is 6.14. The summed E-state index contributed by atoms with van der Waals surface area (Å²) in [6.45, 7) is 3.88. The molecular weight excluding hydrogens is 186 g/mol. The Morgan fingerprint density at radius 2 is 1.87 bits per heavy atom. The van der Waals surface area contributed by atoms with Crippen molar-refractivity contribution in [2.75, 3.05) is 0 Å². The van der Waals surface area contributed by atoms with Gasteiger partial charge >= 0.3 is 0 Å². The van der Waals surface area contributed by atoms with Gasteiger partial charge in [-0.2, -0.15) is 0 Å². The molecule has 1 fully saturated rings. The fraction of sp³-hybridized carbons (Fsp3) is 0.923. The topological polar surface area (TPSA) is 29.1 Å². The van der Waals surface area contributed by atoms with Gasteiger partial charge in [-0.25, -0.2) is 0 Å². The number of nitrogens with one attached hydrogen (secondary N) is 1. The van der Waals surface area contributed by atoms with E-state index < -0.39 is 0 Å². The summed E-state index contributed by atoms with van der Waals surface area (Å²) in [6, 6.07) is 0. The molecule has 1 aliphatic carbocycles. The number of unbranched alkanes of at least 4 members (excludes halogenated alkanes) is 2. The van der Waals surface area contributed by atoms with Gasteiger partial charge in [-0.1, -0.05) is 45.4 Å². The van der Waals surface area contributed by atoms with Crippen molar-refractivity contribution in [1.82, 2.24) is 5.32 Å². The molecule has 0 aromatic heterocycles. The van der Waals surface area contributed by atoms with Crippen molar-refractivity contribution in [3.8, 4) is 0 Å². The third-order valence-electron chi connectivity index (χ3n) is 3.51. The number of carbonyl (C=O) groups excluding carboxylic acids is 1. The van der Waals surface area contributed by atoms with E-state index in [1.165, 1.54) is 57.8 Å². The molecule has 15 heavy (non-hydrogen) atoms. The Balaban J connectivity index is 2.46. The first-order valence-electron chi connectivity index (χ1n) is 6.47. The molecule has 1 saturated carbocycles. The smallest absolute Gasteiger partial charge is 0.217 e. The third-order valence-corrected chi connectivity index (χ3v) is 3.51. The van der Waals surface area contributed by atoms with E-state index in [1.807, 2.05) is 0 Å². The quantitative estimate of drug-likeness (QED) is 0.694. The normalized spacial score (nSPS) is 19.9. The first-order valence-corrected chi connectivity index (χ1v) is 6.47. The first-order chi connectivity index (χ1) is 7.18. The van der Waals surface area contributed by atoms with E-state index in [-0.39, 0.29) is 11.4 Å². The highest BCUT2D eigenvalue weighted by atomic mass is 16.1. The SMILES string of the molecule is CCCCCC1(NC(C)=O)CCCCC1. The van der Waals surface area contributed by atoms with Gasteiger partial charge in [0.25, 0.3) is 0 Å². The lowest BCUT2D eigenvalue weighted by atomic mass is 9.78. The summed E-state index contributed by atoms with van der Waals surface area (Å²) in [5.41, 5.74) is 0.152. The summed E-state index contributed by atoms with van der Waals surface area (Å²) in [6.07, 6.45) is 11.3. The zero-order chi connectivity index (χ0) is 11.1. The van der Waals surface area contributed by atoms with Gasteiger partial charge in [0, 0.05) is 12.5 Å². The van der Waals surface area contributed by atoms with Gasteiger partial charge in [0.2, 0.25) is 5.91 Å². The average molecular weight is 211 g/mol. The van der Waals surface area contributed by atoms with Crippen LogP contribution < -0.4 is 5.32 Å². The van der Waals surface area contributed by atoms with Gasteiger partial charge in [0.05, 0.1) is 0 Å². The molecule has 0 spiro atoms.